The van der Waals surface area contributed by atoms with Crippen molar-refractivity contribution in [2.45, 2.75) is 32.9 Å². The molecule has 1 N–H and O–H groups in total. The number of nitrogens with zero attached hydrogens (tertiary/aromatic N) is 2. The highest BCUT2D eigenvalue weighted by molar-refractivity contribution is 7.15. The van der Waals surface area contributed by atoms with E-state index >= 15 is 0 Å². The van der Waals surface area contributed by atoms with Crippen LogP contribution < -0.4 is 10.9 Å². The number of thiazole rings is 1. The molecule has 2 aromatic heterocycles. The van der Waals surface area contributed by atoms with E-state index in [1.807, 2.05) is 19.2 Å². The van der Waals surface area contributed by atoms with E-state index in [0.29, 0.717) is 29.5 Å². The minimum Gasteiger partial charge on any atom is -0.468 e. The first-order valence-electron chi connectivity index (χ1n) is 6.78. The zero-order chi connectivity index (χ0) is 15.4. The Hall–Kier alpha value is -1.73. The van der Waals surface area contributed by atoms with E-state index in [-0.39, 0.29) is 11.5 Å². The summed E-state index contributed by atoms with van der Waals surface area (Å²) in [6.45, 7) is 4.44. The Morgan fingerprint density at radius 3 is 2.95 bits per heavy atom. The van der Waals surface area contributed by atoms with E-state index in [9.17, 15) is 9.59 Å². The average Bonchev–Trinajstić information content (AvgIpc) is 2.91. The van der Waals surface area contributed by atoms with E-state index in [1.54, 1.807) is 6.20 Å². The largest absolute Gasteiger partial charge is 0.468 e. The third-order valence-electron chi connectivity index (χ3n) is 3.08. The molecule has 2 aromatic rings. The number of hydrogen-bond donors (Lipinski definition) is 1. The molecule has 0 amide bonds. The predicted octanol–water partition coefficient (Wildman–Crippen LogP) is 1.43. The van der Waals surface area contributed by atoms with Gasteiger partial charge in [0.1, 0.15) is 6.04 Å². The van der Waals surface area contributed by atoms with Crippen molar-refractivity contribution in [1.29, 1.82) is 0 Å². The van der Waals surface area contributed by atoms with Crippen LogP contribution in [0.25, 0.3) is 4.96 Å². The first-order chi connectivity index (χ1) is 10.0. The van der Waals surface area contributed by atoms with Crippen LogP contribution in [0, 0.1) is 5.92 Å². The molecule has 1 unspecified atom stereocenters. The molecule has 6 nitrogen and oxygen atoms in total. The Bertz CT molecular complexity index is 677. The fourth-order valence-corrected chi connectivity index (χ4v) is 2.82. The van der Waals surface area contributed by atoms with E-state index in [1.165, 1.54) is 28.9 Å². The normalized spacial score (nSPS) is 12.8. The Kier molecular flexibility index (Phi) is 5.08. The van der Waals surface area contributed by atoms with Gasteiger partial charge in [0.05, 0.1) is 12.8 Å². The third-order valence-corrected chi connectivity index (χ3v) is 3.84. The Labute approximate surface area is 126 Å². The molecule has 1 atom stereocenters. The number of rotatable bonds is 6. The SMILES string of the molecule is COC(=O)C(CC(C)C)NCc1cc(=O)n2ccsc2n1. The van der Waals surface area contributed by atoms with Crippen LogP contribution >= 0.6 is 11.3 Å². The van der Waals surface area contributed by atoms with Gasteiger partial charge in [-0.1, -0.05) is 13.8 Å². The summed E-state index contributed by atoms with van der Waals surface area (Å²) in [4.78, 5) is 28.7. The van der Waals surface area contributed by atoms with Crippen LogP contribution in [0.3, 0.4) is 0 Å². The van der Waals surface area contributed by atoms with E-state index < -0.39 is 6.04 Å². The topological polar surface area (TPSA) is 72.7 Å². The zero-order valence-corrected chi connectivity index (χ0v) is 13.1. The first kappa shape index (κ1) is 15.7. The molecule has 0 aliphatic carbocycles. The highest BCUT2D eigenvalue weighted by atomic mass is 32.1. The predicted molar refractivity (Wildman–Crippen MR) is 81.4 cm³/mol. The Morgan fingerprint density at radius 1 is 1.52 bits per heavy atom. The summed E-state index contributed by atoms with van der Waals surface area (Å²) in [7, 11) is 1.37. The lowest BCUT2D eigenvalue weighted by molar-refractivity contribution is -0.143. The second-order valence-electron chi connectivity index (χ2n) is 5.23. The van der Waals surface area contributed by atoms with Crippen LogP contribution in [-0.4, -0.2) is 28.5 Å². The molecule has 114 valence electrons. The number of carbonyl (C=O) groups excluding carboxylic acids is 1. The molecular formula is C14H19N3O3S. The molecule has 7 heteroatoms. The van der Waals surface area contributed by atoms with Crippen LogP contribution in [0.15, 0.2) is 22.4 Å². The number of methoxy groups -OCH3 is 1. The lowest BCUT2D eigenvalue weighted by atomic mass is 10.0. The van der Waals surface area contributed by atoms with Crippen molar-refractivity contribution in [2.75, 3.05) is 7.11 Å². The summed E-state index contributed by atoms with van der Waals surface area (Å²) in [5, 5.41) is 4.94. The second-order valence-corrected chi connectivity index (χ2v) is 6.10. The quantitative estimate of drug-likeness (QED) is 0.817. The van der Waals surface area contributed by atoms with Gasteiger partial charge in [0, 0.05) is 24.2 Å². The van der Waals surface area contributed by atoms with Gasteiger partial charge in [0.2, 0.25) is 0 Å². The zero-order valence-electron chi connectivity index (χ0n) is 12.3. The van der Waals surface area contributed by atoms with Crippen molar-refractivity contribution in [3.63, 3.8) is 0 Å². The third kappa shape index (κ3) is 3.89. The lowest BCUT2D eigenvalue weighted by Gasteiger charge is -2.18. The summed E-state index contributed by atoms with van der Waals surface area (Å²) in [5.41, 5.74) is 0.511. The molecule has 0 aliphatic rings. The Balaban J connectivity index is 2.11. The summed E-state index contributed by atoms with van der Waals surface area (Å²) in [6, 6.07) is 1.09. The Morgan fingerprint density at radius 2 is 2.29 bits per heavy atom. The second kappa shape index (κ2) is 6.82. The van der Waals surface area contributed by atoms with Crippen LogP contribution in [0.4, 0.5) is 0 Å². The van der Waals surface area contributed by atoms with Gasteiger partial charge in [-0.2, -0.15) is 0 Å². The molecular weight excluding hydrogens is 290 g/mol. The number of aromatic nitrogens is 2. The van der Waals surface area contributed by atoms with Gasteiger partial charge >= 0.3 is 5.97 Å². The number of nitrogens with one attached hydrogen (secondary N) is 1. The van der Waals surface area contributed by atoms with Gasteiger partial charge in [-0.25, -0.2) is 4.98 Å². The molecule has 0 aliphatic heterocycles. The summed E-state index contributed by atoms with van der Waals surface area (Å²) in [6.07, 6.45) is 2.37. The average molecular weight is 309 g/mol. The number of carbonyl (C=O) groups is 1. The van der Waals surface area contributed by atoms with Crippen LogP contribution in [0.5, 0.6) is 0 Å². The van der Waals surface area contributed by atoms with Crippen LogP contribution in [0.2, 0.25) is 0 Å². The minimum atomic E-state index is -0.390. The summed E-state index contributed by atoms with van der Waals surface area (Å²) < 4.78 is 6.30. The molecule has 2 heterocycles. The number of hydrogen-bond acceptors (Lipinski definition) is 6. The molecule has 0 aromatic carbocycles. The highest BCUT2D eigenvalue weighted by Crippen LogP contribution is 2.09. The number of esters is 1. The van der Waals surface area contributed by atoms with Crippen LogP contribution in [0.1, 0.15) is 26.0 Å². The van der Waals surface area contributed by atoms with Crippen molar-refractivity contribution < 1.29 is 9.53 Å². The lowest BCUT2D eigenvalue weighted by Crippen LogP contribution is -2.38. The van der Waals surface area contributed by atoms with Crippen LogP contribution in [-0.2, 0) is 16.1 Å². The standard InChI is InChI=1S/C14H19N3O3S/c1-9(2)6-11(13(19)20-3)15-8-10-7-12(18)17-4-5-21-14(17)16-10/h4-5,7,9,11,15H,6,8H2,1-3H3. The fraction of sp³-hybridized carbons (Fsp3) is 0.500. The summed E-state index contributed by atoms with van der Waals surface area (Å²) in [5.74, 6) is 0.0672. The van der Waals surface area contributed by atoms with Gasteiger partial charge in [-0.05, 0) is 12.3 Å². The maximum atomic E-state index is 11.9. The van der Waals surface area contributed by atoms with Gasteiger partial charge < -0.3 is 4.74 Å². The van der Waals surface area contributed by atoms with E-state index in [4.69, 9.17) is 4.74 Å². The maximum absolute atomic E-state index is 11.9. The number of fused-ring (bicyclic) bond motifs is 1. The van der Waals surface area contributed by atoms with Crippen molar-refractivity contribution in [1.82, 2.24) is 14.7 Å². The molecule has 0 fully saturated rings. The number of ether oxygens (including phenoxy) is 1. The molecule has 0 spiro atoms. The fourth-order valence-electron chi connectivity index (χ4n) is 2.08. The molecule has 2 rings (SSSR count). The molecule has 21 heavy (non-hydrogen) atoms. The van der Waals surface area contributed by atoms with E-state index in [0.717, 1.165) is 0 Å². The highest BCUT2D eigenvalue weighted by Gasteiger charge is 2.20. The molecule has 0 saturated heterocycles. The van der Waals surface area contributed by atoms with Crippen molar-refractivity contribution >= 4 is 22.3 Å². The molecule has 0 radical (unpaired) electrons. The van der Waals surface area contributed by atoms with Gasteiger partial charge in [0.25, 0.3) is 5.56 Å². The van der Waals surface area contributed by atoms with E-state index in [2.05, 4.69) is 10.3 Å². The van der Waals surface area contributed by atoms with Gasteiger partial charge in [-0.3, -0.25) is 19.3 Å². The summed E-state index contributed by atoms with van der Waals surface area (Å²) >= 11 is 1.40. The monoisotopic (exact) mass is 309 g/mol. The van der Waals surface area contributed by atoms with Gasteiger partial charge in [-0.15, -0.1) is 11.3 Å². The van der Waals surface area contributed by atoms with Crippen molar-refractivity contribution in [2.24, 2.45) is 5.92 Å². The molecule has 0 saturated carbocycles. The first-order valence-corrected chi connectivity index (χ1v) is 7.66. The van der Waals surface area contributed by atoms with Gasteiger partial charge in [0.15, 0.2) is 4.96 Å². The maximum Gasteiger partial charge on any atom is 0.322 e. The van der Waals surface area contributed by atoms with Crippen molar-refractivity contribution in [3.8, 4) is 0 Å². The minimum absolute atomic E-state index is 0.114. The smallest absolute Gasteiger partial charge is 0.322 e. The molecule has 0 bridgehead atoms. The van der Waals surface area contributed by atoms with Crippen molar-refractivity contribution in [3.05, 3.63) is 33.7 Å².